The maximum Gasteiger partial charge on any atom is 0.0926 e. The van der Waals surface area contributed by atoms with Crippen LogP contribution in [0.2, 0.25) is 0 Å². The first-order chi connectivity index (χ1) is 7.45. The van der Waals surface area contributed by atoms with Crippen molar-refractivity contribution in [2.45, 2.75) is 12.5 Å². The van der Waals surface area contributed by atoms with Crippen molar-refractivity contribution in [1.82, 2.24) is 15.3 Å². The van der Waals surface area contributed by atoms with Gasteiger partial charge in [-0.05, 0) is 5.56 Å². The molecule has 2 N–H and O–H groups in total. The summed E-state index contributed by atoms with van der Waals surface area (Å²) in [5.74, 6) is 0. The summed E-state index contributed by atoms with van der Waals surface area (Å²) < 4.78 is 0. The molecule has 3 heteroatoms. The fourth-order valence-corrected chi connectivity index (χ4v) is 2.14. The van der Waals surface area contributed by atoms with E-state index in [1.807, 2.05) is 6.07 Å². The Morgan fingerprint density at radius 1 is 1.20 bits per heavy atom. The summed E-state index contributed by atoms with van der Waals surface area (Å²) in [6, 6.07) is 10.7. The summed E-state index contributed by atoms with van der Waals surface area (Å²) in [7, 11) is 0. The third kappa shape index (κ3) is 1.45. The monoisotopic (exact) mass is 199 g/mol. The van der Waals surface area contributed by atoms with E-state index in [0.717, 1.165) is 18.7 Å². The number of rotatable bonds is 1. The lowest BCUT2D eigenvalue weighted by molar-refractivity contribution is 0.553. The van der Waals surface area contributed by atoms with E-state index in [0.29, 0.717) is 0 Å². The van der Waals surface area contributed by atoms with E-state index in [1.165, 1.54) is 11.3 Å². The van der Waals surface area contributed by atoms with Gasteiger partial charge in [-0.25, -0.2) is 4.98 Å². The van der Waals surface area contributed by atoms with Gasteiger partial charge in [-0.1, -0.05) is 30.3 Å². The van der Waals surface area contributed by atoms with E-state index in [-0.39, 0.29) is 6.04 Å². The predicted octanol–water partition coefficient (Wildman–Crippen LogP) is 1.64. The molecular weight excluding hydrogens is 186 g/mol. The summed E-state index contributed by atoms with van der Waals surface area (Å²) in [4.78, 5) is 7.60. The Kier molecular flexibility index (Phi) is 2.03. The van der Waals surface area contributed by atoms with Crippen LogP contribution in [0.15, 0.2) is 36.7 Å². The van der Waals surface area contributed by atoms with Crippen molar-refractivity contribution in [2.24, 2.45) is 0 Å². The van der Waals surface area contributed by atoms with Gasteiger partial charge in [-0.2, -0.15) is 0 Å². The summed E-state index contributed by atoms with van der Waals surface area (Å²) in [6.45, 7) is 1.01. The minimum atomic E-state index is 0.251. The molecule has 1 aliphatic rings. The molecule has 0 aliphatic carbocycles. The maximum atomic E-state index is 4.40. The molecule has 0 fully saturated rings. The van der Waals surface area contributed by atoms with Crippen LogP contribution in [0.1, 0.15) is 23.0 Å². The number of fused-ring (bicyclic) bond motifs is 1. The largest absolute Gasteiger partial charge is 0.348 e. The molecule has 0 amide bonds. The van der Waals surface area contributed by atoms with Crippen LogP contribution < -0.4 is 5.32 Å². The molecule has 15 heavy (non-hydrogen) atoms. The van der Waals surface area contributed by atoms with Crippen molar-refractivity contribution in [3.8, 4) is 0 Å². The zero-order valence-electron chi connectivity index (χ0n) is 8.40. The number of nitrogens with zero attached hydrogens (tertiary/aromatic N) is 1. The van der Waals surface area contributed by atoms with Gasteiger partial charge in [0.05, 0.1) is 18.1 Å². The zero-order chi connectivity index (χ0) is 10.1. The topological polar surface area (TPSA) is 40.7 Å². The van der Waals surface area contributed by atoms with Gasteiger partial charge < -0.3 is 10.3 Å². The minimum absolute atomic E-state index is 0.251. The first-order valence-corrected chi connectivity index (χ1v) is 5.25. The van der Waals surface area contributed by atoms with E-state index in [9.17, 15) is 0 Å². The highest BCUT2D eigenvalue weighted by molar-refractivity contribution is 5.31. The summed E-state index contributed by atoms with van der Waals surface area (Å²) in [5.41, 5.74) is 3.70. The lowest BCUT2D eigenvalue weighted by Gasteiger charge is -2.23. The SMILES string of the molecule is c1ccc([C@@H]2NCCc3[nH]cnc32)cc1. The molecule has 1 aromatic carbocycles. The van der Waals surface area contributed by atoms with Gasteiger partial charge in [0, 0.05) is 18.7 Å². The smallest absolute Gasteiger partial charge is 0.0926 e. The van der Waals surface area contributed by atoms with E-state index < -0.39 is 0 Å². The second kappa shape index (κ2) is 3.51. The van der Waals surface area contributed by atoms with Crippen molar-refractivity contribution in [3.05, 3.63) is 53.6 Å². The molecule has 0 radical (unpaired) electrons. The normalized spacial score (nSPS) is 19.9. The van der Waals surface area contributed by atoms with E-state index in [2.05, 4.69) is 39.6 Å². The van der Waals surface area contributed by atoms with Crippen molar-refractivity contribution >= 4 is 0 Å². The number of hydrogen-bond acceptors (Lipinski definition) is 2. The first-order valence-electron chi connectivity index (χ1n) is 5.25. The number of aromatic nitrogens is 2. The summed E-state index contributed by atoms with van der Waals surface area (Å²) in [6.07, 6.45) is 2.83. The van der Waals surface area contributed by atoms with Gasteiger partial charge in [0.2, 0.25) is 0 Å². The Labute approximate surface area is 88.6 Å². The molecule has 1 aliphatic heterocycles. The zero-order valence-corrected chi connectivity index (χ0v) is 8.40. The van der Waals surface area contributed by atoms with Crippen LogP contribution in [0, 0.1) is 0 Å². The van der Waals surface area contributed by atoms with Crippen LogP contribution >= 0.6 is 0 Å². The Morgan fingerprint density at radius 2 is 2.07 bits per heavy atom. The number of aromatic amines is 1. The van der Waals surface area contributed by atoms with Crippen LogP contribution in [0.4, 0.5) is 0 Å². The average Bonchev–Trinajstić information content (AvgIpc) is 2.78. The highest BCUT2D eigenvalue weighted by atomic mass is 15.0. The Balaban J connectivity index is 2.03. The molecule has 0 saturated carbocycles. The average molecular weight is 199 g/mol. The van der Waals surface area contributed by atoms with Crippen LogP contribution in [-0.2, 0) is 6.42 Å². The number of imidazole rings is 1. The third-order valence-electron chi connectivity index (χ3n) is 2.88. The molecule has 1 atom stereocenters. The number of benzene rings is 1. The fraction of sp³-hybridized carbons (Fsp3) is 0.250. The molecule has 2 heterocycles. The van der Waals surface area contributed by atoms with E-state index >= 15 is 0 Å². The highest BCUT2D eigenvalue weighted by Gasteiger charge is 2.22. The van der Waals surface area contributed by atoms with Gasteiger partial charge in [0.15, 0.2) is 0 Å². The summed E-state index contributed by atoms with van der Waals surface area (Å²) in [5, 5.41) is 3.50. The predicted molar refractivity (Wildman–Crippen MR) is 58.6 cm³/mol. The van der Waals surface area contributed by atoms with Gasteiger partial charge in [0.25, 0.3) is 0 Å². The second-order valence-corrected chi connectivity index (χ2v) is 3.81. The van der Waals surface area contributed by atoms with Crippen LogP contribution in [0.5, 0.6) is 0 Å². The lowest BCUT2D eigenvalue weighted by Crippen LogP contribution is -2.30. The van der Waals surface area contributed by atoms with Crippen molar-refractivity contribution in [3.63, 3.8) is 0 Å². The molecule has 0 unspecified atom stereocenters. The quantitative estimate of drug-likeness (QED) is 0.733. The van der Waals surface area contributed by atoms with Crippen molar-refractivity contribution < 1.29 is 0 Å². The van der Waals surface area contributed by atoms with Gasteiger partial charge >= 0.3 is 0 Å². The van der Waals surface area contributed by atoms with E-state index in [1.54, 1.807) is 6.33 Å². The molecular formula is C12H13N3. The number of nitrogens with one attached hydrogen (secondary N) is 2. The highest BCUT2D eigenvalue weighted by Crippen LogP contribution is 2.25. The van der Waals surface area contributed by atoms with Crippen LogP contribution in [0.25, 0.3) is 0 Å². The molecule has 0 bridgehead atoms. The van der Waals surface area contributed by atoms with Gasteiger partial charge in [-0.3, -0.25) is 0 Å². The van der Waals surface area contributed by atoms with Crippen molar-refractivity contribution in [1.29, 1.82) is 0 Å². The van der Waals surface area contributed by atoms with Crippen LogP contribution in [-0.4, -0.2) is 16.5 Å². The molecule has 3 nitrogen and oxygen atoms in total. The molecule has 0 saturated heterocycles. The molecule has 3 rings (SSSR count). The maximum absolute atomic E-state index is 4.40. The third-order valence-corrected chi connectivity index (χ3v) is 2.88. The Morgan fingerprint density at radius 3 is 2.93 bits per heavy atom. The van der Waals surface area contributed by atoms with Crippen LogP contribution in [0.3, 0.4) is 0 Å². The summed E-state index contributed by atoms with van der Waals surface area (Å²) >= 11 is 0. The molecule has 1 aromatic heterocycles. The Hall–Kier alpha value is -1.61. The van der Waals surface area contributed by atoms with Gasteiger partial charge in [-0.15, -0.1) is 0 Å². The minimum Gasteiger partial charge on any atom is -0.348 e. The van der Waals surface area contributed by atoms with E-state index in [4.69, 9.17) is 0 Å². The standard InChI is InChI=1S/C12H13N3/c1-2-4-9(5-3-1)11-12-10(6-7-13-11)14-8-15-12/h1-5,8,11,13H,6-7H2,(H,14,15)/t11-/m0/s1. The number of H-pyrrole nitrogens is 1. The Bertz CT molecular complexity index is 447. The number of hydrogen-bond donors (Lipinski definition) is 2. The first kappa shape index (κ1) is 8.68. The molecule has 2 aromatic rings. The van der Waals surface area contributed by atoms with Gasteiger partial charge in [0.1, 0.15) is 0 Å². The fourth-order valence-electron chi connectivity index (χ4n) is 2.14. The van der Waals surface area contributed by atoms with Crippen molar-refractivity contribution in [2.75, 3.05) is 6.54 Å². The second-order valence-electron chi connectivity index (χ2n) is 3.81. The lowest BCUT2D eigenvalue weighted by atomic mass is 9.98. The molecule has 0 spiro atoms. The molecule has 76 valence electrons.